The van der Waals surface area contributed by atoms with Crippen LogP contribution in [0, 0.1) is 5.41 Å². The molecule has 8 heteroatoms. The molecule has 7 nitrogen and oxygen atoms in total. The molecule has 1 amide bonds. The van der Waals surface area contributed by atoms with Gasteiger partial charge in [0.1, 0.15) is 5.82 Å². The monoisotopic (exact) mass is 414 g/mol. The lowest BCUT2D eigenvalue weighted by molar-refractivity contribution is 0.0687. The maximum atomic E-state index is 13.7. The van der Waals surface area contributed by atoms with E-state index < -0.39 is 0 Å². The van der Waals surface area contributed by atoms with Crippen molar-refractivity contribution >= 4 is 29.2 Å². The zero-order valence-electron chi connectivity index (χ0n) is 16.6. The number of hydrogen-bond donors (Lipinski definition) is 2. The first-order chi connectivity index (χ1) is 13.7. The van der Waals surface area contributed by atoms with E-state index in [-0.39, 0.29) is 29.8 Å². The zero-order valence-corrected chi connectivity index (χ0v) is 17.4. The molecule has 2 N–H and O–H groups in total. The molecule has 5 rings (SSSR count). The molecule has 2 aromatic heterocycles. The SMILES string of the molecule is CCn1ccnc1CN(C(=O)c1cccc2[nH]ncc12)C1CC12CCNCC2.Cl. The van der Waals surface area contributed by atoms with Crippen LogP contribution < -0.4 is 5.32 Å². The molecule has 2 fully saturated rings. The summed E-state index contributed by atoms with van der Waals surface area (Å²) in [6.45, 7) is 5.59. The molecule has 1 aromatic carbocycles. The predicted molar refractivity (Wildman–Crippen MR) is 114 cm³/mol. The molecule has 1 saturated carbocycles. The van der Waals surface area contributed by atoms with Crippen LogP contribution in [0.15, 0.2) is 36.8 Å². The lowest BCUT2D eigenvalue weighted by Gasteiger charge is -2.30. The highest BCUT2D eigenvalue weighted by molar-refractivity contribution is 6.06. The van der Waals surface area contributed by atoms with E-state index in [1.54, 1.807) is 6.20 Å². The maximum Gasteiger partial charge on any atom is 0.255 e. The fourth-order valence-corrected chi connectivity index (χ4v) is 4.79. The Kier molecular flexibility index (Phi) is 5.36. The number of benzene rings is 1. The second-order valence-corrected chi connectivity index (χ2v) is 8.03. The number of nitrogens with one attached hydrogen (secondary N) is 2. The smallest absolute Gasteiger partial charge is 0.255 e. The van der Waals surface area contributed by atoms with Gasteiger partial charge < -0.3 is 14.8 Å². The van der Waals surface area contributed by atoms with Crippen LogP contribution in [0.3, 0.4) is 0 Å². The Morgan fingerprint density at radius 1 is 1.34 bits per heavy atom. The molecule has 1 unspecified atom stereocenters. The summed E-state index contributed by atoms with van der Waals surface area (Å²) in [6, 6.07) is 6.08. The molecule has 1 aliphatic carbocycles. The molecule has 0 radical (unpaired) electrons. The van der Waals surface area contributed by atoms with Gasteiger partial charge in [-0.15, -0.1) is 12.4 Å². The van der Waals surface area contributed by atoms with E-state index in [1.165, 1.54) is 0 Å². The van der Waals surface area contributed by atoms with E-state index in [2.05, 4.69) is 36.9 Å². The number of aromatic nitrogens is 4. The molecule has 1 spiro atoms. The van der Waals surface area contributed by atoms with Gasteiger partial charge in [-0.1, -0.05) is 6.07 Å². The summed E-state index contributed by atoms with van der Waals surface area (Å²) >= 11 is 0. The Morgan fingerprint density at radius 2 is 2.17 bits per heavy atom. The second kappa shape index (κ2) is 7.80. The van der Waals surface area contributed by atoms with Crippen LogP contribution >= 0.6 is 12.4 Å². The third kappa shape index (κ3) is 3.42. The Hall–Kier alpha value is -2.38. The number of hydrogen-bond acceptors (Lipinski definition) is 4. The van der Waals surface area contributed by atoms with Crippen LogP contribution in [0.2, 0.25) is 0 Å². The first-order valence-corrected chi connectivity index (χ1v) is 10.2. The molecule has 154 valence electrons. The minimum Gasteiger partial charge on any atom is -0.334 e. The molecular weight excluding hydrogens is 388 g/mol. The van der Waals surface area contributed by atoms with Gasteiger partial charge in [-0.3, -0.25) is 9.89 Å². The largest absolute Gasteiger partial charge is 0.334 e. The van der Waals surface area contributed by atoms with E-state index in [0.29, 0.717) is 6.54 Å². The topological polar surface area (TPSA) is 78.8 Å². The van der Waals surface area contributed by atoms with Gasteiger partial charge in [-0.25, -0.2) is 4.98 Å². The van der Waals surface area contributed by atoms with Crippen LogP contribution in [0.5, 0.6) is 0 Å². The number of nitrogens with zero attached hydrogens (tertiary/aromatic N) is 4. The van der Waals surface area contributed by atoms with Gasteiger partial charge in [0.2, 0.25) is 0 Å². The fraction of sp³-hybridized carbons (Fsp3) is 0.476. The van der Waals surface area contributed by atoms with Crippen molar-refractivity contribution in [1.82, 2.24) is 30.0 Å². The first-order valence-electron chi connectivity index (χ1n) is 10.2. The molecule has 1 saturated heterocycles. The van der Waals surface area contributed by atoms with E-state index in [4.69, 9.17) is 0 Å². The Morgan fingerprint density at radius 3 is 2.97 bits per heavy atom. The average molecular weight is 415 g/mol. The lowest BCUT2D eigenvalue weighted by atomic mass is 9.93. The van der Waals surface area contributed by atoms with E-state index in [0.717, 1.165) is 61.2 Å². The number of imidazole rings is 1. The summed E-state index contributed by atoms with van der Waals surface area (Å²) in [4.78, 5) is 20.3. The predicted octanol–water partition coefficient (Wildman–Crippen LogP) is 2.99. The quantitative estimate of drug-likeness (QED) is 0.672. The Balaban J connectivity index is 0.00000205. The molecule has 29 heavy (non-hydrogen) atoms. The lowest BCUT2D eigenvalue weighted by Crippen LogP contribution is -2.39. The van der Waals surface area contributed by atoms with E-state index >= 15 is 0 Å². The van der Waals surface area contributed by atoms with Crippen molar-refractivity contribution in [2.75, 3.05) is 13.1 Å². The normalized spacial score (nSPS) is 19.8. The molecular formula is C21H27ClN6O. The summed E-state index contributed by atoms with van der Waals surface area (Å²) in [6.07, 6.45) is 8.93. The highest BCUT2D eigenvalue weighted by atomic mass is 35.5. The van der Waals surface area contributed by atoms with Crippen molar-refractivity contribution < 1.29 is 4.79 Å². The number of H-pyrrole nitrogens is 1. The van der Waals surface area contributed by atoms with Crippen LogP contribution in [-0.4, -0.2) is 49.7 Å². The molecule has 3 aromatic rings. The zero-order chi connectivity index (χ0) is 19.1. The van der Waals surface area contributed by atoms with Crippen LogP contribution in [0.1, 0.15) is 42.4 Å². The van der Waals surface area contributed by atoms with Gasteiger partial charge in [0, 0.05) is 30.4 Å². The Labute approximate surface area is 176 Å². The van der Waals surface area contributed by atoms with Gasteiger partial charge in [0.25, 0.3) is 5.91 Å². The van der Waals surface area contributed by atoms with Gasteiger partial charge in [-0.05, 0) is 56.8 Å². The standard InChI is InChI=1S/C21H26N6O.ClH/c1-2-26-11-10-23-19(26)14-27(18-12-21(18)6-8-22-9-7-21)20(28)15-4-3-5-17-16(15)13-24-25-17;/h3-5,10-11,13,18,22H,2,6-9,12,14H2,1H3,(H,24,25);1H. The number of halogens is 1. The summed E-state index contributed by atoms with van der Waals surface area (Å²) in [5, 5.41) is 11.4. The van der Waals surface area contributed by atoms with Crippen LogP contribution in [0.25, 0.3) is 10.9 Å². The molecule has 2 aliphatic rings. The molecule has 3 heterocycles. The van der Waals surface area contributed by atoms with Gasteiger partial charge in [0.15, 0.2) is 0 Å². The van der Waals surface area contributed by atoms with Crippen molar-refractivity contribution in [3.05, 3.63) is 48.2 Å². The summed E-state index contributed by atoms with van der Waals surface area (Å²) in [5.41, 5.74) is 1.89. The molecule has 1 atom stereocenters. The van der Waals surface area contributed by atoms with E-state index in [9.17, 15) is 4.79 Å². The van der Waals surface area contributed by atoms with Crippen molar-refractivity contribution in [2.45, 2.75) is 45.3 Å². The third-order valence-corrected chi connectivity index (χ3v) is 6.55. The second-order valence-electron chi connectivity index (χ2n) is 8.03. The molecule has 1 aliphatic heterocycles. The van der Waals surface area contributed by atoms with E-state index in [1.807, 2.05) is 30.6 Å². The Bertz CT molecular complexity index is 1010. The van der Waals surface area contributed by atoms with Crippen LogP contribution in [-0.2, 0) is 13.1 Å². The maximum absolute atomic E-state index is 13.7. The number of aryl methyl sites for hydroxylation is 1. The van der Waals surface area contributed by atoms with Crippen molar-refractivity contribution in [3.63, 3.8) is 0 Å². The minimum atomic E-state index is 0. The number of carbonyl (C=O) groups excluding carboxylic acids is 1. The summed E-state index contributed by atoms with van der Waals surface area (Å²) in [7, 11) is 0. The third-order valence-electron chi connectivity index (χ3n) is 6.55. The van der Waals surface area contributed by atoms with Crippen molar-refractivity contribution in [3.8, 4) is 0 Å². The van der Waals surface area contributed by atoms with Crippen molar-refractivity contribution in [2.24, 2.45) is 5.41 Å². The number of fused-ring (bicyclic) bond motifs is 1. The number of carbonyl (C=O) groups is 1. The fourth-order valence-electron chi connectivity index (χ4n) is 4.79. The number of aromatic amines is 1. The highest BCUT2D eigenvalue weighted by Gasteiger charge is 2.58. The van der Waals surface area contributed by atoms with Crippen LogP contribution in [0.4, 0.5) is 0 Å². The average Bonchev–Trinajstić information content (AvgIpc) is 3.09. The van der Waals surface area contributed by atoms with Gasteiger partial charge in [-0.2, -0.15) is 5.10 Å². The number of piperidine rings is 1. The van der Waals surface area contributed by atoms with Gasteiger partial charge >= 0.3 is 0 Å². The number of rotatable bonds is 5. The first kappa shape index (κ1) is 19.9. The van der Waals surface area contributed by atoms with Gasteiger partial charge in [0.05, 0.1) is 23.8 Å². The summed E-state index contributed by atoms with van der Waals surface area (Å²) in [5.74, 6) is 1.03. The number of amides is 1. The van der Waals surface area contributed by atoms with Crippen molar-refractivity contribution in [1.29, 1.82) is 0 Å². The minimum absolute atomic E-state index is 0. The molecule has 0 bridgehead atoms. The summed E-state index contributed by atoms with van der Waals surface area (Å²) < 4.78 is 2.12. The highest BCUT2D eigenvalue weighted by Crippen LogP contribution is 2.56.